The average molecular weight is 433 g/mol. The second-order valence-corrected chi connectivity index (χ2v) is 8.88. The van der Waals surface area contributed by atoms with Crippen LogP contribution in [-0.2, 0) is 21.1 Å². The molecule has 6 nitrogen and oxygen atoms in total. The number of imidazole rings is 1. The van der Waals surface area contributed by atoms with Crippen LogP contribution in [0.4, 0.5) is 0 Å². The molecule has 0 aliphatic carbocycles. The predicted molar refractivity (Wildman–Crippen MR) is 117 cm³/mol. The molecule has 0 bridgehead atoms. The third-order valence-electron chi connectivity index (χ3n) is 5.08. The number of aryl methyl sites for hydroxylation is 1. The van der Waals surface area contributed by atoms with Gasteiger partial charge in [0, 0.05) is 0 Å². The number of hydrogen-bond donors (Lipinski definition) is 1. The predicted octanol–water partition coefficient (Wildman–Crippen LogP) is 5.66. The van der Waals surface area contributed by atoms with Gasteiger partial charge in [-0.1, -0.05) is 96.8 Å². The van der Waals surface area contributed by atoms with E-state index in [1.807, 2.05) is 12.5 Å². The summed E-state index contributed by atoms with van der Waals surface area (Å²) in [6, 6.07) is 0. The Morgan fingerprint density at radius 1 is 0.793 bits per heavy atom. The molecule has 0 unspecified atom stereocenters. The molecule has 1 heterocycles. The number of H-pyrrole nitrogens is 1. The highest BCUT2D eigenvalue weighted by Gasteiger charge is 1.97. The Morgan fingerprint density at radius 3 is 1.48 bits per heavy atom. The Bertz CT molecular complexity index is 533. The van der Waals surface area contributed by atoms with E-state index in [0.717, 1.165) is 7.11 Å². The van der Waals surface area contributed by atoms with E-state index in [-0.39, 0.29) is 0 Å². The first-order valence-corrected chi connectivity index (χ1v) is 12.9. The van der Waals surface area contributed by atoms with Gasteiger partial charge < -0.3 is 4.55 Å². The molecule has 1 aromatic heterocycles. The van der Waals surface area contributed by atoms with Crippen LogP contribution in [0.2, 0.25) is 0 Å². The number of hydrogen-bond acceptors (Lipinski definition) is 4. The molecule has 0 fully saturated rings. The van der Waals surface area contributed by atoms with Gasteiger partial charge in [0.25, 0.3) is 0 Å². The van der Waals surface area contributed by atoms with Crippen molar-refractivity contribution in [3.63, 3.8) is 0 Å². The van der Waals surface area contributed by atoms with Gasteiger partial charge in [0.15, 0.2) is 0 Å². The first-order chi connectivity index (χ1) is 14.0. The molecule has 0 amide bonds. The maximum absolute atomic E-state index is 9.22. The molecule has 0 aromatic carbocycles. The molecule has 0 radical (unpaired) electrons. The average Bonchev–Trinajstić information content (AvgIpc) is 3.21. The molecule has 29 heavy (non-hydrogen) atoms. The van der Waals surface area contributed by atoms with Crippen LogP contribution in [0.15, 0.2) is 18.7 Å². The van der Waals surface area contributed by atoms with E-state index in [0.29, 0.717) is 0 Å². The highest BCUT2D eigenvalue weighted by molar-refractivity contribution is 7.80. The van der Waals surface area contributed by atoms with E-state index in [9.17, 15) is 13.0 Å². The smallest absolute Gasteiger partial charge is 0.241 e. The normalized spacial score (nSPS) is 11.3. The first-order valence-electron chi connectivity index (χ1n) is 11.5. The Balaban J connectivity index is 0.00000113. The fourth-order valence-corrected chi connectivity index (χ4v) is 3.30. The Morgan fingerprint density at radius 2 is 1.17 bits per heavy atom. The molecule has 0 atom stereocenters. The highest BCUT2D eigenvalue weighted by Crippen LogP contribution is 2.13. The molecule has 0 saturated carbocycles. The van der Waals surface area contributed by atoms with Crippen LogP contribution < -0.4 is 4.57 Å². The summed E-state index contributed by atoms with van der Waals surface area (Å²) >= 11 is 0. The summed E-state index contributed by atoms with van der Waals surface area (Å²) < 4.78 is 33.3. The Kier molecular flexibility index (Phi) is 19.7. The number of unbranched alkanes of at least 4 members (excludes halogenated alkanes) is 15. The largest absolute Gasteiger partial charge is 0.726 e. The lowest BCUT2D eigenvalue weighted by atomic mass is 10.0. The molecule has 0 spiro atoms. The minimum Gasteiger partial charge on any atom is -0.726 e. The zero-order chi connectivity index (χ0) is 21.6. The summed E-state index contributed by atoms with van der Waals surface area (Å²) in [5.41, 5.74) is 0. The first kappa shape index (κ1) is 28.1. The molecule has 0 aliphatic heterocycles. The summed E-state index contributed by atoms with van der Waals surface area (Å²) in [5, 5.41) is 0. The lowest BCUT2D eigenvalue weighted by molar-refractivity contribution is -0.696. The molecule has 172 valence electrons. The highest BCUT2D eigenvalue weighted by atomic mass is 32.3. The number of aromatic nitrogens is 2. The third-order valence-corrected chi connectivity index (χ3v) is 5.48. The van der Waals surface area contributed by atoms with Crippen molar-refractivity contribution in [2.24, 2.45) is 0 Å². The Labute approximate surface area is 179 Å². The minimum absolute atomic E-state index is 0.808. The van der Waals surface area contributed by atoms with Crippen LogP contribution in [0.25, 0.3) is 0 Å². The van der Waals surface area contributed by atoms with Crippen molar-refractivity contribution < 1.29 is 21.7 Å². The van der Waals surface area contributed by atoms with Gasteiger partial charge in [-0.2, -0.15) is 0 Å². The van der Waals surface area contributed by atoms with Gasteiger partial charge in [0.2, 0.25) is 16.7 Å². The maximum atomic E-state index is 9.22. The van der Waals surface area contributed by atoms with Crippen molar-refractivity contribution in [1.29, 1.82) is 0 Å². The van der Waals surface area contributed by atoms with Crippen LogP contribution in [0, 0.1) is 0 Å². The molecule has 0 aliphatic rings. The molecule has 1 N–H and O–H groups in total. The molecule has 1 rings (SSSR count). The van der Waals surface area contributed by atoms with E-state index in [1.54, 1.807) is 0 Å². The van der Waals surface area contributed by atoms with Crippen molar-refractivity contribution in [3.05, 3.63) is 18.7 Å². The van der Waals surface area contributed by atoms with E-state index < -0.39 is 10.4 Å². The summed E-state index contributed by atoms with van der Waals surface area (Å²) in [5.74, 6) is 0. The monoisotopic (exact) mass is 432 g/mol. The number of nitrogens with zero attached hydrogens (tertiary/aromatic N) is 1. The lowest BCUT2D eigenvalue weighted by Crippen LogP contribution is -2.30. The minimum atomic E-state index is -4.41. The molecule has 7 heteroatoms. The third kappa shape index (κ3) is 23.2. The van der Waals surface area contributed by atoms with Gasteiger partial charge >= 0.3 is 0 Å². The van der Waals surface area contributed by atoms with Crippen LogP contribution in [0.1, 0.15) is 110 Å². The second kappa shape index (κ2) is 20.4. The topological polar surface area (TPSA) is 86.1 Å². The van der Waals surface area contributed by atoms with Gasteiger partial charge in [-0.05, 0) is 12.8 Å². The van der Waals surface area contributed by atoms with Gasteiger partial charge in [-0.3, -0.25) is 9.17 Å². The molecular weight excluding hydrogens is 388 g/mol. The van der Waals surface area contributed by atoms with Crippen molar-refractivity contribution >= 4 is 10.4 Å². The molecule has 0 saturated heterocycles. The summed E-state index contributed by atoms with van der Waals surface area (Å²) in [7, 11) is -3.60. The van der Waals surface area contributed by atoms with Crippen LogP contribution >= 0.6 is 0 Å². The van der Waals surface area contributed by atoms with Crippen LogP contribution in [-0.4, -0.2) is 25.1 Å². The summed E-state index contributed by atoms with van der Waals surface area (Å²) in [6.07, 6.45) is 29.2. The zero-order valence-corrected chi connectivity index (χ0v) is 19.6. The van der Waals surface area contributed by atoms with E-state index >= 15 is 0 Å². The maximum Gasteiger partial charge on any atom is 0.241 e. The van der Waals surface area contributed by atoms with E-state index in [2.05, 4.69) is 26.9 Å². The fraction of sp³-hybridized carbons (Fsp3) is 0.864. The number of aromatic amines is 1. The molecular formula is C22H44N2O4S. The summed E-state index contributed by atoms with van der Waals surface area (Å²) in [6.45, 7) is 3.46. The summed E-state index contributed by atoms with van der Waals surface area (Å²) in [4.78, 5) is 3.10. The fourth-order valence-electron chi connectivity index (χ4n) is 3.30. The van der Waals surface area contributed by atoms with Crippen molar-refractivity contribution in [3.8, 4) is 0 Å². The standard InChI is InChI=1S/C21H40N2.CH4O4S/c1-2-3-4-5-6-7-8-9-10-11-12-13-14-15-16-17-19-23-20-18-22-21-23;1-5-6(2,3)4/h18,20-21H,2-17,19H2,1H3;1H3,(H,2,3,4). The number of nitrogens with one attached hydrogen (secondary N) is 1. The van der Waals surface area contributed by atoms with Gasteiger partial charge in [-0.15, -0.1) is 0 Å². The molecule has 1 aromatic rings. The zero-order valence-electron chi connectivity index (χ0n) is 18.7. The van der Waals surface area contributed by atoms with Crippen molar-refractivity contribution in [2.75, 3.05) is 7.11 Å². The Hall–Kier alpha value is -0.920. The van der Waals surface area contributed by atoms with Crippen molar-refractivity contribution in [1.82, 2.24) is 4.98 Å². The SMILES string of the molecule is CCCCCCCCCCCCCCCCCC[n+]1cc[nH]c1.COS(=O)(=O)[O-]. The van der Waals surface area contributed by atoms with Crippen LogP contribution in [0.5, 0.6) is 0 Å². The second-order valence-electron chi connectivity index (χ2n) is 7.73. The number of rotatable bonds is 18. The van der Waals surface area contributed by atoms with Crippen molar-refractivity contribution in [2.45, 2.75) is 116 Å². The lowest BCUT2D eigenvalue weighted by Gasteiger charge is -2.03. The van der Waals surface area contributed by atoms with Gasteiger partial charge in [0.05, 0.1) is 13.7 Å². The van der Waals surface area contributed by atoms with E-state index in [4.69, 9.17) is 0 Å². The van der Waals surface area contributed by atoms with Gasteiger partial charge in [0.1, 0.15) is 12.4 Å². The van der Waals surface area contributed by atoms with Crippen LogP contribution in [0.3, 0.4) is 0 Å². The van der Waals surface area contributed by atoms with Gasteiger partial charge in [-0.25, -0.2) is 13.0 Å². The quantitative estimate of drug-likeness (QED) is 0.140. The van der Waals surface area contributed by atoms with E-state index in [1.165, 1.54) is 109 Å².